The number of nitrogens with one attached hydrogen (secondary N) is 1. The second kappa shape index (κ2) is 6.93. The zero-order valence-corrected chi connectivity index (χ0v) is 16.0. The molecule has 1 saturated carbocycles. The van der Waals surface area contributed by atoms with Crippen LogP contribution in [0.1, 0.15) is 45.4 Å². The molecule has 1 atom stereocenters. The number of nitriles is 1. The van der Waals surface area contributed by atoms with Gasteiger partial charge in [0, 0.05) is 25.9 Å². The molecule has 0 unspecified atom stereocenters. The number of carbonyl (C=O) groups is 4. The molecule has 9 nitrogen and oxygen atoms in total. The van der Waals surface area contributed by atoms with Crippen molar-refractivity contribution in [2.24, 2.45) is 11.1 Å². The first kappa shape index (κ1) is 21.0. The molecule has 2 aliphatic heterocycles. The van der Waals surface area contributed by atoms with Gasteiger partial charge in [-0.25, -0.2) is 13.6 Å². The van der Waals surface area contributed by atoms with Gasteiger partial charge in [-0.1, -0.05) is 0 Å². The summed E-state index contributed by atoms with van der Waals surface area (Å²) in [6.07, 6.45) is -0.132. The number of alkyl halides is 2. The summed E-state index contributed by atoms with van der Waals surface area (Å²) in [5, 5.41) is 11.6. The fourth-order valence-electron chi connectivity index (χ4n) is 4.03. The minimum Gasteiger partial charge on any atom is -0.351 e. The van der Waals surface area contributed by atoms with Gasteiger partial charge >= 0.3 is 6.03 Å². The van der Waals surface area contributed by atoms with Gasteiger partial charge in [-0.15, -0.1) is 0 Å². The molecule has 3 aliphatic rings. The Balaban J connectivity index is 1.83. The Morgan fingerprint density at radius 2 is 1.86 bits per heavy atom. The number of hydrogen-bond acceptors (Lipinski definition) is 5. The Bertz CT molecular complexity index is 791. The van der Waals surface area contributed by atoms with Crippen molar-refractivity contribution in [3.63, 3.8) is 0 Å². The van der Waals surface area contributed by atoms with E-state index in [9.17, 15) is 28.0 Å². The van der Waals surface area contributed by atoms with Crippen LogP contribution in [0.2, 0.25) is 0 Å². The highest BCUT2D eigenvalue weighted by molar-refractivity contribution is 6.09. The van der Waals surface area contributed by atoms with Crippen molar-refractivity contribution in [3.8, 4) is 6.07 Å². The maximum absolute atomic E-state index is 13.8. The van der Waals surface area contributed by atoms with Crippen molar-refractivity contribution in [1.82, 2.24) is 15.1 Å². The highest BCUT2D eigenvalue weighted by Crippen LogP contribution is 2.44. The summed E-state index contributed by atoms with van der Waals surface area (Å²) in [5.41, 5.74) is 3.00. The first-order valence-electron chi connectivity index (χ1n) is 9.44. The third kappa shape index (κ3) is 4.02. The Hall–Kier alpha value is -2.77. The number of hydrogen-bond donors (Lipinski definition) is 2. The Morgan fingerprint density at radius 1 is 1.28 bits per heavy atom. The third-order valence-electron chi connectivity index (χ3n) is 5.96. The summed E-state index contributed by atoms with van der Waals surface area (Å²) >= 11 is 0. The lowest BCUT2D eigenvalue weighted by Gasteiger charge is -2.37. The molecule has 0 aromatic rings. The summed E-state index contributed by atoms with van der Waals surface area (Å²) in [6, 6.07) is -0.407. The van der Waals surface area contributed by atoms with Gasteiger partial charge in [0.05, 0.1) is 11.5 Å². The second-order valence-electron chi connectivity index (χ2n) is 8.32. The first-order chi connectivity index (χ1) is 13.4. The maximum Gasteiger partial charge on any atom is 0.314 e. The summed E-state index contributed by atoms with van der Waals surface area (Å²) < 4.78 is 27.6. The Morgan fingerprint density at radius 3 is 2.31 bits per heavy atom. The molecule has 2 heterocycles. The van der Waals surface area contributed by atoms with Crippen LogP contribution in [0, 0.1) is 16.7 Å². The molecule has 0 bridgehead atoms. The van der Waals surface area contributed by atoms with Crippen LogP contribution >= 0.6 is 0 Å². The number of carbonyl (C=O) groups excluding carboxylic acids is 4. The zero-order chi connectivity index (χ0) is 21.6. The molecule has 0 radical (unpaired) electrons. The first-order valence-corrected chi connectivity index (χ1v) is 9.44. The lowest BCUT2D eigenvalue weighted by molar-refractivity contribution is -0.152. The minimum atomic E-state index is -3.31. The van der Waals surface area contributed by atoms with E-state index < -0.39 is 53.1 Å². The Labute approximate surface area is 166 Å². The Kier molecular flexibility index (Phi) is 5.01. The SMILES string of the molecule is CC(F)(F)C[C@@H](C(=O)NC1(C#N)CC1)N1C(=O)CC2(CCN(C(N)=O)CC2)C1=O. The van der Waals surface area contributed by atoms with E-state index in [2.05, 4.69) is 5.32 Å². The fourth-order valence-corrected chi connectivity index (χ4v) is 4.03. The number of halogens is 2. The topological polar surface area (TPSA) is 137 Å². The number of likely N-dealkylation sites (tertiary alicyclic amines) is 2. The molecular formula is C18H23F2N5O4. The van der Waals surface area contributed by atoms with Crippen molar-refractivity contribution in [2.75, 3.05) is 13.1 Å². The summed E-state index contributed by atoms with van der Waals surface area (Å²) in [5.74, 6) is -5.62. The van der Waals surface area contributed by atoms with E-state index in [1.165, 1.54) is 4.90 Å². The number of primary amides is 1. The third-order valence-corrected chi connectivity index (χ3v) is 5.96. The average molecular weight is 411 g/mol. The average Bonchev–Trinajstić information content (AvgIpc) is 3.35. The highest BCUT2D eigenvalue weighted by atomic mass is 19.3. The minimum absolute atomic E-state index is 0.163. The van der Waals surface area contributed by atoms with Gasteiger partial charge in [-0.3, -0.25) is 19.3 Å². The van der Waals surface area contributed by atoms with Gasteiger partial charge in [0.2, 0.25) is 23.6 Å². The van der Waals surface area contributed by atoms with E-state index in [0.717, 1.165) is 0 Å². The zero-order valence-electron chi connectivity index (χ0n) is 16.0. The quantitative estimate of drug-likeness (QED) is 0.635. The molecule has 11 heteroatoms. The number of rotatable bonds is 5. The summed E-state index contributed by atoms with van der Waals surface area (Å²) in [6.45, 7) is 0.942. The molecule has 1 aliphatic carbocycles. The number of urea groups is 1. The van der Waals surface area contributed by atoms with E-state index in [1.54, 1.807) is 0 Å². The van der Waals surface area contributed by atoms with Crippen LogP contribution in [0.5, 0.6) is 0 Å². The number of nitrogens with zero attached hydrogens (tertiary/aromatic N) is 3. The molecule has 3 fully saturated rings. The lowest BCUT2D eigenvalue weighted by Crippen LogP contribution is -2.55. The van der Waals surface area contributed by atoms with Crippen molar-refractivity contribution in [1.29, 1.82) is 5.26 Å². The normalized spacial score (nSPS) is 23.7. The number of amides is 5. The van der Waals surface area contributed by atoms with Crippen LogP contribution in [0.25, 0.3) is 0 Å². The standard InChI is InChI=1S/C18H23F2N5O4/c1-16(19,20)8-11(13(27)23-18(10-21)2-3-18)25-12(26)9-17(14(25)28)4-6-24(7-5-17)15(22)29/h11H,2-9H2,1H3,(H2,22,29)(H,23,27)/t11-/m0/s1. The van der Waals surface area contributed by atoms with Crippen molar-refractivity contribution < 1.29 is 28.0 Å². The van der Waals surface area contributed by atoms with Gasteiger partial charge in [-0.2, -0.15) is 5.26 Å². The monoisotopic (exact) mass is 411 g/mol. The largest absolute Gasteiger partial charge is 0.351 e. The predicted octanol–water partition coefficient (Wildman–Crippen LogP) is 0.492. The molecule has 158 valence electrons. The van der Waals surface area contributed by atoms with Gasteiger partial charge < -0.3 is 16.0 Å². The van der Waals surface area contributed by atoms with Crippen LogP contribution in [0.15, 0.2) is 0 Å². The van der Waals surface area contributed by atoms with E-state index in [1.807, 2.05) is 6.07 Å². The fraction of sp³-hybridized carbons (Fsp3) is 0.722. The molecule has 0 aromatic heterocycles. The maximum atomic E-state index is 13.8. The van der Waals surface area contributed by atoms with E-state index in [0.29, 0.717) is 24.7 Å². The summed E-state index contributed by atoms with van der Waals surface area (Å²) in [7, 11) is 0. The predicted molar refractivity (Wildman–Crippen MR) is 94.0 cm³/mol. The van der Waals surface area contributed by atoms with Crippen molar-refractivity contribution in [3.05, 3.63) is 0 Å². The van der Waals surface area contributed by atoms with E-state index in [-0.39, 0.29) is 32.4 Å². The van der Waals surface area contributed by atoms with Gasteiger partial charge in [-0.05, 0) is 32.6 Å². The van der Waals surface area contributed by atoms with E-state index in [4.69, 9.17) is 11.0 Å². The van der Waals surface area contributed by atoms with Crippen LogP contribution < -0.4 is 11.1 Å². The number of imide groups is 1. The smallest absolute Gasteiger partial charge is 0.314 e. The second-order valence-corrected chi connectivity index (χ2v) is 8.32. The van der Waals surface area contributed by atoms with Gasteiger partial charge in [0.1, 0.15) is 11.6 Å². The summed E-state index contributed by atoms with van der Waals surface area (Å²) in [4.78, 5) is 51.8. The van der Waals surface area contributed by atoms with Gasteiger partial charge in [0.15, 0.2) is 0 Å². The molecule has 5 amide bonds. The molecule has 2 saturated heterocycles. The van der Waals surface area contributed by atoms with Crippen LogP contribution in [-0.4, -0.2) is 64.1 Å². The molecule has 0 aromatic carbocycles. The molecule has 3 N–H and O–H groups in total. The van der Waals surface area contributed by atoms with Crippen LogP contribution in [0.3, 0.4) is 0 Å². The molecule has 29 heavy (non-hydrogen) atoms. The molecule has 3 rings (SSSR count). The van der Waals surface area contributed by atoms with Crippen molar-refractivity contribution in [2.45, 2.75) is 63.0 Å². The highest BCUT2D eigenvalue weighted by Gasteiger charge is 2.57. The van der Waals surface area contributed by atoms with Gasteiger partial charge in [0.25, 0.3) is 0 Å². The van der Waals surface area contributed by atoms with Crippen LogP contribution in [-0.2, 0) is 14.4 Å². The molecule has 1 spiro atoms. The van der Waals surface area contributed by atoms with E-state index >= 15 is 0 Å². The number of nitrogens with two attached hydrogens (primary N) is 1. The van der Waals surface area contributed by atoms with Crippen LogP contribution in [0.4, 0.5) is 13.6 Å². The lowest BCUT2D eigenvalue weighted by atomic mass is 9.77. The van der Waals surface area contributed by atoms with Crippen molar-refractivity contribution >= 4 is 23.8 Å². The molecular weight excluding hydrogens is 388 g/mol. The number of piperidine rings is 1.